The fraction of sp³-hybridized carbons (Fsp3) is 0.500. The van der Waals surface area contributed by atoms with Crippen LogP contribution in [0.15, 0.2) is 35.2 Å². The SMILES string of the molecule is CC(C)CNC(=O)[C@H]1CCN1S(=O)(=O)c1ccccc1. The molecule has 2 rings (SSSR count). The lowest BCUT2D eigenvalue weighted by Crippen LogP contribution is -2.58. The predicted octanol–water partition coefficient (Wildman–Crippen LogP) is 1.22. The monoisotopic (exact) mass is 296 g/mol. The Kier molecular flexibility index (Phi) is 4.45. The minimum Gasteiger partial charge on any atom is -0.354 e. The number of nitrogens with zero attached hydrogens (tertiary/aromatic N) is 1. The molecule has 0 saturated carbocycles. The number of hydrogen-bond acceptors (Lipinski definition) is 3. The van der Waals surface area contributed by atoms with Crippen molar-refractivity contribution >= 4 is 15.9 Å². The first-order chi connectivity index (χ1) is 9.43. The zero-order chi connectivity index (χ0) is 14.8. The second-order valence-corrected chi connectivity index (χ2v) is 7.26. The third kappa shape index (κ3) is 3.02. The summed E-state index contributed by atoms with van der Waals surface area (Å²) in [6.07, 6.45) is 0.579. The fourth-order valence-corrected chi connectivity index (χ4v) is 3.72. The molecule has 1 heterocycles. The Bertz CT molecular complexity index is 569. The highest BCUT2D eigenvalue weighted by Gasteiger charge is 2.42. The third-order valence-electron chi connectivity index (χ3n) is 3.31. The lowest BCUT2D eigenvalue weighted by molar-refractivity contribution is -0.127. The average molecular weight is 296 g/mol. The largest absolute Gasteiger partial charge is 0.354 e. The lowest BCUT2D eigenvalue weighted by Gasteiger charge is -2.38. The van der Waals surface area contributed by atoms with E-state index in [2.05, 4.69) is 5.32 Å². The molecular formula is C14H20N2O3S. The summed E-state index contributed by atoms with van der Waals surface area (Å²) in [6, 6.07) is 7.66. The van der Waals surface area contributed by atoms with Crippen LogP contribution in [0.25, 0.3) is 0 Å². The van der Waals surface area contributed by atoms with Gasteiger partial charge in [-0.25, -0.2) is 8.42 Å². The average Bonchev–Trinajstić information content (AvgIpc) is 2.35. The summed E-state index contributed by atoms with van der Waals surface area (Å²) >= 11 is 0. The van der Waals surface area contributed by atoms with E-state index in [1.807, 2.05) is 13.8 Å². The molecule has 1 aliphatic rings. The summed E-state index contributed by atoms with van der Waals surface area (Å²) in [5.74, 6) is 0.141. The maximum Gasteiger partial charge on any atom is 0.243 e. The van der Waals surface area contributed by atoms with Crippen LogP contribution in [0, 0.1) is 5.92 Å². The van der Waals surface area contributed by atoms with Crippen molar-refractivity contribution in [3.8, 4) is 0 Å². The van der Waals surface area contributed by atoms with E-state index in [1.54, 1.807) is 30.3 Å². The van der Waals surface area contributed by atoms with Gasteiger partial charge in [-0.05, 0) is 24.5 Å². The van der Waals surface area contributed by atoms with E-state index < -0.39 is 16.1 Å². The van der Waals surface area contributed by atoms with Gasteiger partial charge >= 0.3 is 0 Å². The molecule has 1 saturated heterocycles. The summed E-state index contributed by atoms with van der Waals surface area (Å²) < 4.78 is 26.1. The van der Waals surface area contributed by atoms with Gasteiger partial charge in [0.2, 0.25) is 15.9 Å². The standard InChI is InChI=1S/C14H20N2O3S/c1-11(2)10-15-14(17)13-8-9-16(13)20(18,19)12-6-4-3-5-7-12/h3-7,11,13H,8-10H2,1-2H3,(H,15,17)/t13-/m1/s1. The molecule has 20 heavy (non-hydrogen) atoms. The molecule has 1 aromatic rings. The van der Waals surface area contributed by atoms with E-state index >= 15 is 0 Å². The van der Waals surface area contributed by atoms with Gasteiger partial charge in [-0.2, -0.15) is 4.31 Å². The molecule has 6 heteroatoms. The smallest absolute Gasteiger partial charge is 0.243 e. The molecular weight excluding hydrogens is 276 g/mol. The second kappa shape index (κ2) is 5.93. The molecule has 1 atom stereocenters. The molecule has 110 valence electrons. The Morgan fingerprint density at radius 3 is 2.50 bits per heavy atom. The van der Waals surface area contributed by atoms with Crippen LogP contribution in [-0.4, -0.2) is 37.8 Å². The number of benzene rings is 1. The number of sulfonamides is 1. The Balaban J connectivity index is 2.08. The van der Waals surface area contributed by atoms with Crippen LogP contribution in [0.2, 0.25) is 0 Å². The van der Waals surface area contributed by atoms with Gasteiger partial charge in [0.15, 0.2) is 0 Å². The number of rotatable bonds is 5. The molecule has 1 aliphatic heterocycles. The van der Waals surface area contributed by atoms with E-state index in [4.69, 9.17) is 0 Å². The third-order valence-corrected chi connectivity index (χ3v) is 5.23. The Hall–Kier alpha value is -1.40. The summed E-state index contributed by atoms with van der Waals surface area (Å²) in [5.41, 5.74) is 0. The highest BCUT2D eigenvalue weighted by molar-refractivity contribution is 7.89. The highest BCUT2D eigenvalue weighted by Crippen LogP contribution is 2.26. The quantitative estimate of drug-likeness (QED) is 0.888. The van der Waals surface area contributed by atoms with Crippen molar-refractivity contribution in [3.05, 3.63) is 30.3 Å². The van der Waals surface area contributed by atoms with E-state index in [9.17, 15) is 13.2 Å². The summed E-state index contributed by atoms with van der Waals surface area (Å²) in [4.78, 5) is 12.2. The Morgan fingerprint density at radius 2 is 2.00 bits per heavy atom. The van der Waals surface area contributed by atoms with Crippen molar-refractivity contribution in [2.24, 2.45) is 5.92 Å². The van der Waals surface area contributed by atoms with Gasteiger partial charge in [0.25, 0.3) is 0 Å². The molecule has 0 aromatic heterocycles. The summed E-state index contributed by atoms with van der Waals surface area (Å²) in [5, 5.41) is 2.79. The van der Waals surface area contributed by atoms with Crippen LogP contribution in [0.3, 0.4) is 0 Å². The van der Waals surface area contributed by atoms with Gasteiger partial charge < -0.3 is 5.32 Å². The first kappa shape index (κ1) is 15.0. The van der Waals surface area contributed by atoms with E-state index in [-0.39, 0.29) is 10.8 Å². The van der Waals surface area contributed by atoms with Crippen molar-refractivity contribution in [3.63, 3.8) is 0 Å². The minimum absolute atomic E-state index is 0.204. The van der Waals surface area contributed by atoms with Crippen molar-refractivity contribution in [1.82, 2.24) is 9.62 Å². The van der Waals surface area contributed by atoms with Gasteiger partial charge in [-0.3, -0.25) is 4.79 Å². The van der Waals surface area contributed by atoms with Crippen LogP contribution in [0.4, 0.5) is 0 Å². The van der Waals surface area contributed by atoms with E-state index in [1.165, 1.54) is 4.31 Å². The number of hydrogen-bond donors (Lipinski definition) is 1. The van der Waals surface area contributed by atoms with Gasteiger partial charge in [0, 0.05) is 13.1 Å². The first-order valence-electron chi connectivity index (χ1n) is 6.77. The van der Waals surface area contributed by atoms with Gasteiger partial charge in [0.05, 0.1) is 4.90 Å². The maximum absolute atomic E-state index is 12.4. The van der Waals surface area contributed by atoms with Crippen LogP contribution in [-0.2, 0) is 14.8 Å². The zero-order valence-electron chi connectivity index (χ0n) is 11.7. The number of carbonyl (C=O) groups excluding carboxylic acids is 1. The van der Waals surface area contributed by atoms with Gasteiger partial charge in [-0.1, -0.05) is 32.0 Å². The van der Waals surface area contributed by atoms with E-state index in [0.29, 0.717) is 25.4 Å². The summed E-state index contributed by atoms with van der Waals surface area (Å²) in [7, 11) is -3.56. The lowest BCUT2D eigenvalue weighted by atomic mass is 10.1. The minimum atomic E-state index is -3.56. The Morgan fingerprint density at radius 1 is 1.35 bits per heavy atom. The van der Waals surface area contributed by atoms with Crippen LogP contribution < -0.4 is 5.32 Å². The molecule has 0 bridgehead atoms. The second-order valence-electron chi connectivity index (χ2n) is 5.37. The topological polar surface area (TPSA) is 66.5 Å². The number of amides is 1. The molecule has 0 unspecified atom stereocenters. The molecule has 1 amide bonds. The molecule has 0 radical (unpaired) electrons. The fourth-order valence-electron chi connectivity index (χ4n) is 2.06. The molecule has 0 aliphatic carbocycles. The molecule has 1 aromatic carbocycles. The Labute approximate surface area is 120 Å². The van der Waals surface area contributed by atoms with E-state index in [0.717, 1.165) is 0 Å². The van der Waals surface area contributed by atoms with Crippen molar-refractivity contribution < 1.29 is 13.2 Å². The zero-order valence-corrected chi connectivity index (χ0v) is 12.6. The van der Waals surface area contributed by atoms with Crippen LogP contribution in [0.1, 0.15) is 20.3 Å². The molecule has 5 nitrogen and oxygen atoms in total. The first-order valence-corrected chi connectivity index (χ1v) is 8.21. The molecule has 1 N–H and O–H groups in total. The molecule has 0 spiro atoms. The van der Waals surface area contributed by atoms with Crippen LogP contribution in [0.5, 0.6) is 0 Å². The normalized spacial score (nSPS) is 19.6. The summed E-state index contributed by atoms with van der Waals surface area (Å²) in [6.45, 7) is 4.96. The van der Waals surface area contributed by atoms with Crippen LogP contribution >= 0.6 is 0 Å². The number of carbonyl (C=O) groups is 1. The number of nitrogens with one attached hydrogen (secondary N) is 1. The maximum atomic E-state index is 12.4. The predicted molar refractivity (Wildman–Crippen MR) is 76.6 cm³/mol. The highest BCUT2D eigenvalue weighted by atomic mass is 32.2. The van der Waals surface area contributed by atoms with Crippen molar-refractivity contribution in [2.75, 3.05) is 13.1 Å². The van der Waals surface area contributed by atoms with Crippen molar-refractivity contribution in [2.45, 2.75) is 31.2 Å². The van der Waals surface area contributed by atoms with Gasteiger partial charge in [-0.15, -0.1) is 0 Å². The molecule has 1 fully saturated rings. The van der Waals surface area contributed by atoms with Gasteiger partial charge in [0.1, 0.15) is 6.04 Å². The van der Waals surface area contributed by atoms with Crippen molar-refractivity contribution in [1.29, 1.82) is 0 Å².